The number of carbonyl (C=O) groups is 3. The van der Waals surface area contributed by atoms with Gasteiger partial charge in [-0.25, -0.2) is 0 Å². The van der Waals surface area contributed by atoms with Crippen LogP contribution in [0.1, 0.15) is 117 Å². The summed E-state index contributed by atoms with van der Waals surface area (Å²) in [7, 11) is 0. The number of carbonyl (C=O) groups excluding carboxylic acids is 2. The molecular formula is C29H44O5. The molecule has 0 aromatic rings. The second-order valence-electron chi connectivity index (χ2n) is 12.0. The standard InChI is InChI=1S/C29H44O5/c1-28-17-15-21(34-27(33)10-8-6-4-3-5-7-9-26(31)32)19-20(28)11-12-22-23-13-14-25(30)29(23,2)18-16-24(22)28/h11,21-24H,3-10,12-19H2,1-2H3,(H,31,32)/t21-,22-,23-,24-,28-,29-/m0/s1. The van der Waals surface area contributed by atoms with E-state index in [2.05, 4.69) is 19.9 Å². The average Bonchev–Trinajstić information content (AvgIpc) is 3.10. The summed E-state index contributed by atoms with van der Waals surface area (Å²) in [4.78, 5) is 35.6. The van der Waals surface area contributed by atoms with Crippen molar-refractivity contribution in [2.75, 3.05) is 0 Å². The molecule has 0 saturated heterocycles. The van der Waals surface area contributed by atoms with Gasteiger partial charge in [-0.3, -0.25) is 14.4 Å². The summed E-state index contributed by atoms with van der Waals surface area (Å²) < 4.78 is 5.90. The molecule has 5 heteroatoms. The molecule has 6 atom stereocenters. The van der Waals surface area contributed by atoms with Crippen LogP contribution in [-0.2, 0) is 19.1 Å². The number of carboxylic acids is 1. The number of hydrogen-bond donors (Lipinski definition) is 1. The summed E-state index contributed by atoms with van der Waals surface area (Å²) in [6.07, 6.45) is 16.9. The summed E-state index contributed by atoms with van der Waals surface area (Å²) in [5, 5.41) is 8.66. The molecule has 3 fully saturated rings. The van der Waals surface area contributed by atoms with E-state index in [4.69, 9.17) is 9.84 Å². The maximum Gasteiger partial charge on any atom is 0.306 e. The predicted molar refractivity (Wildman–Crippen MR) is 131 cm³/mol. The molecule has 5 nitrogen and oxygen atoms in total. The minimum atomic E-state index is -0.721. The van der Waals surface area contributed by atoms with Crippen molar-refractivity contribution >= 4 is 17.7 Å². The van der Waals surface area contributed by atoms with E-state index in [-0.39, 0.29) is 29.3 Å². The third kappa shape index (κ3) is 5.14. The van der Waals surface area contributed by atoms with Gasteiger partial charge < -0.3 is 9.84 Å². The van der Waals surface area contributed by atoms with Crippen LogP contribution in [-0.4, -0.2) is 28.9 Å². The average molecular weight is 473 g/mol. The van der Waals surface area contributed by atoms with Gasteiger partial charge in [-0.15, -0.1) is 0 Å². The largest absolute Gasteiger partial charge is 0.481 e. The number of esters is 1. The lowest BCUT2D eigenvalue weighted by Crippen LogP contribution is -2.50. The van der Waals surface area contributed by atoms with E-state index in [1.165, 1.54) is 5.57 Å². The number of aliphatic carboxylic acids is 1. The van der Waals surface area contributed by atoms with Gasteiger partial charge in [-0.05, 0) is 74.5 Å². The van der Waals surface area contributed by atoms with Crippen molar-refractivity contribution in [3.8, 4) is 0 Å². The summed E-state index contributed by atoms with van der Waals surface area (Å²) in [5.41, 5.74) is 1.64. The van der Waals surface area contributed by atoms with Crippen molar-refractivity contribution < 1.29 is 24.2 Å². The Balaban J connectivity index is 1.22. The van der Waals surface area contributed by atoms with Crippen LogP contribution in [0.25, 0.3) is 0 Å². The number of rotatable bonds is 10. The first-order valence-electron chi connectivity index (χ1n) is 13.9. The third-order valence-electron chi connectivity index (χ3n) is 10.1. The van der Waals surface area contributed by atoms with Crippen molar-refractivity contribution in [1.82, 2.24) is 0 Å². The second kappa shape index (κ2) is 10.5. The molecule has 4 aliphatic carbocycles. The third-order valence-corrected chi connectivity index (χ3v) is 10.1. The van der Waals surface area contributed by atoms with Gasteiger partial charge in [0.15, 0.2) is 0 Å². The molecule has 4 aliphatic rings. The van der Waals surface area contributed by atoms with Gasteiger partial charge in [-0.1, -0.05) is 51.2 Å². The van der Waals surface area contributed by atoms with Crippen LogP contribution < -0.4 is 0 Å². The van der Waals surface area contributed by atoms with Gasteiger partial charge in [-0.2, -0.15) is 0 Å². The summed E-state index contributed by atoms with van der Waals surface area (Å²) in [6.45, 7) is 4.68. The van der Waals surface area contributed by atoms with E-state index >= 15 is 0 Å². The molecule has 0 spiro atoms. The molecule has 34 heavy (non-hydrogen) atoms. The fourth-order valence-electron chi connectivity index (χ4n) is 8.00. The predicted octanol–water partition coefficient (Wildman–Crippen LogP) is 6.64. The van der Waals surface area contributed by atoms with Gasteiger partial charge in [0.05, 0.1) is 0 Å². The molecule has 3 saturated carbocycles. The molecule has 0 unspecified atom stereocenters. The van der Waals surface area contributed by atoms with Crippen LogP contribution in [0.5, 0.6) is 0 Å². The van der Waals surface area contributed by atoms with Crippen molar-refractivity contribution in [3.05, 3.63) is 11.6 Å². The molecule has 0 heterocycles. The van der Waals surface area contributed by atoms with E-state index in [9.17, 15) is 14.4 Å². The fraction of sp³-hybridized carbons (Fsp3) is 0.828. The van der Waals surface area contributed by atoms with Crippen molar-refractivity contribution in [1.29, 1.82) is 0 Å². The summed E-state index contributed by atoms with van der Waals surface area (Å²) >= 11 is 0. The molecule has 190 valence electrons. The van der Waals surface area contributed by atoms with Crippen LogP contribution in [0.15, 0.2) is 11.6 Å². The lowest BCUT2D eigenvalue weighted by Gasteiger charge is -2.56. The zero-order valence-electron chi connectivity index (χ0n) is 21.3. The molecule has 1 N–H and O–H groups in total. The molecule has 4 rings (SSSR count). The second-order valence-corrected chi connectivity index (χ2v) is 12.0. The quantitative estimate of drug-likeness (QED) is 0.219. The van der Waals surface area contributed by atoms with Crippen molar-refractivity contribution in [3.63, 3.8) is 0 Å². The number of carboxylic acid groups (broad SMARTS) is 1. The Morgan fingerprint density at radius 1 is 0.941 bits per heavy atom. The number of fused-ring (bicyclic) bond motifs is 5. The van der Waals surface area contributed by atoms with E-state index in [0.717, 1.165) is 89.9 Å². The first-order chi connectivity index (χ1) is 16.2. The highest BCUT2D eigenvalue weighted by molar-refractivity contribution is 5.87. The zero-order valence-corrected chi connectivity index (χ0v) is 21.3. The van der Waals surface area contributed by atoms with Gasteiger partial charge in [0.2, 0.25) is 0 Å². The van der Waals surface area contributed by atoms with Gasteiger partial charge >= 0.3 is 11.9 Å². The number of allylic oxidation sites excluding steroid dienone is 1. The topological polar surface area (TPSA) is 80.7 Å². The summed E-state index contributed by atoms with van der Waals surface area (Å²) in [5.74, 6) is 1.59. The minimum Gasteiger partial charge on any atom is -0.481 e. The minimum absolute atomic E-state index is 0.0151. The van der Waals surface area contributed by atoms with Gasteiger partial charge in [0, 0.05) is 31.1 Å². The van der Waals surface area contributed by atoms with E-state index < -0.39 is 5.97 Å². The number of hydrogen-bond acceptors (Lipinski definition) is 4. The molecule has 0 bridgehead atoms. The van der Waals surface area contributed by atoms with Crippen molar-refractivity contribution in [2.24, 2.45) is 28.6 Å². The molecule has 0 aromatic heterocycles. The highest BCUT2D eigenvalue weighted by Gasteiger charge is 2.58. The Kier molecular flexibility index (Phi) is 7.89. The molecule has 0 aliphatic heterocycles. The maximum absolute atomic E-state index is 12.6. The Morgan fingerprint density at radius 2 is 1.59 bits per heavy atom. The number of ketones is 1. The maximum atomic E-state index is 12.6. The van der Waals surface area contributed by atoms with E-state index in [1.54, 1.807) is 0 Å². The highest BCUT2D eigenvalue weighted by Crippen LogP contribution is 2.64. The van der Waals surface area contributed by atoms with E-state index in [1.807, 2.05) is 0 Å². The van der Waals surface area contributed by atoms with Crippen molar-refractivity contribution in [2.45, 2.75) is 123 Å². The normalized spacial score (nSPS) is 36.8. The first kappa shape index (κ1) is 25.4. The summed E-state index contributed by atoms with van der Waals surface area (Å²) in [6, 6.07) is 0. The molecule has 0 amide bonds. The van der Waals surface area contributed by atoms with Crippen LogP contribution in [0.3, 0.4) is 0 Å². The van der Waals surface area contributed by atoms with Crippen LogP contribution in [0.4, 0.5) is 0 Å². The monoisotopic (exact) mass is 472 g/mol. The van der Waals surface area contributed by atoms with Gasteiger partial charge in [0.1, 0.15) is 11.9 Å². The number of ether oxygens (including phenoxy) is 1. The lowest BCUT2D eigenvalue weighted by atomic mass is 9.48. The van der Waals surface area contributed by atoms with Gasteiger partial charge in [0.25, 0.3) is 0 Å². The zero-order chi connectivity index (χ0) is 24.3. The molecule has 0 radical (unpaired) electrons. The Labute approximate surface area is 205 Å². The lowest BCUT2D eigenvalue weighted by molar-refractivity contribution is -0.151. The van der Waals surface area contributed by atoms with E-state index in [0.29, 0.717) is 30.0 Å². The Bertz CT molecular complexity index is 815. The SMILES string of the molecule is C[C@]12CC[C@H](OC(=O)CCCCCCCCC(=O)O)CC1=CC[C@@H]1[C@@H]2CC[C@]2(C)C(=O)CC[C@@H]12. The van der Waals surface area contributed by atoms with Crippen LogP contribution >= 0.6 is 0 Å². The Morgan fingerprint density at radius 3 is 2.32 bits per heavy atom. The number of unbranched alkanes of at least 4 members (excludes halogenated alkanes) is 5. The smallest absolute Gasteiger partial charge is 0.306 e. The van der Waals surface area contributed by atoms with Crippen LogP contribution in [0.2, 0.25) is 0 Å². The fourth-order valence-corrected chi connectivity index (χ4v) is 8.00. The molecule has 0 aromatic carbocycles. The first-order valence-corrected chi connectivity index (χ1v) is 13.9. The molecular weight excluding hydrogens is 428 g/mol. The Hall–Kier alpha value is -1.65. The van der Waals surface area contributed by atoms with Crippen LogP contribution in [0, 0.1) is 28.6 Å². The number of Topliss-reactive ketones (excluding diaryl/α,β-unsaturated/α-hetero) is 1. The highest BCUT2D eigenvalue weighted by atomic mass is 16.5.